The van der Waals surface area contributed by atoms with Gasteiger partial charge in [-0.25, -0.2) is 0 Å². The number of benzene rings is 1. The van der Waals surface area contributed by atoms with Crippen molar-refractivity contribution in [2.45, 2.75) is 0 Å². The van der Waals surface area contributed by atoms with Gasteiger partial charge in [0.1, 0.15) is 18.0 Å². The predicted octanol–water partition coefficient (Wildman–Crippen LogP) is 0.597. The minimum Gasteiger partial charge on any atom is -0.507 e. The second-order valence-corrected chi connectivity index (χ2v) is 3.76. The van der Waals surface area contributed by atoms with Gasteiger partial charge in [0.05, 0.1) is 5.69 Å². The zero-order valence-corrected chi connectivity index (χ0v) is 9.75. The maximum absolute atomic E-state index is 11.6. The first kappa shape index (κ1) is 12.6. The van der Waals surface area contributed by atoms with Gasteiger partial charge in [0.15, 0.2) is 0 Å². The highest BCUT2D eigenvalue weighted by Gasteiger charge is 2.13. The Morgan fingerprint density at radius 3 is 2.74 bits per heavy atom. The average molecular weight is 261 g/mol. The van der Waals surface area contributed by atoms with E-state index in [1.54, 1.807) is 18.2 Å². The zero-order valence-electron chi connectivity index (χ0n) is 9.75. The molecular formula is C12H11N3O4. The van der Waals surface area contributed by atoms with Crippen LogP contribution in [-0.2, 0) is 4.79 Å². The van der Waals surface area contributed by atoms with Crippen molar-refractivity contribution >= 4 is 11.9 Å². The van der Waals surface area contributed by atoms with Gasteiger partial charge in [0.2, 0.25) is 0 Å². The summed E-state index contributed by atoms with van der Waals surface area (Å²) in [5, 5.41) is 26.7. The van der Waals surface area contributed by atoms with E-state index in [2.05, 4.69) is 15.5 Å². The molecule has 0 fully saturated rings. The van der Waals surface area contributed by atoms with Gasteiger partial charge in [-0.05, 0) is 18.2 Å². The van der Waals surface area contributed by atoms with Crippen LogP contribution >= 0.6 is 0 Å². The Morgan fingerprint density at radius 2 is 2.05 bits per heavy atom. The van der Waals surface area contributed by atoms with Crippen molar-refractivity contribution in [3.05, 3.63) is 36.0 Å². The zero-order chi connectivity index (χ0) is 13.8. The number of nitrogens with zero attached hydrogens (tertiary/aromatic N) is 1. The predicted molar refractivity (Wildman–Crippen MR) is 65.7 cm³/mol. The van der Waals surface area contributed by atoms with Crippen molar-refractivity contribution in [1.82, 2.24) is 15.5 Å². The summed E-state index contributed by atoms with van der Waals surface area (Å²) in [6.07, 6.45) is 0. The molecule has 0 saturated heterocycles. The SMILES string of the molecule is O=C(O)CNC(=O)c1cc(-c2ccccc2O)n[nH]1. The molecule has 0 aliphatic carbocycles. The quantitative estimate of drug-likeness (QED) is 0.643. The molecule has 0 atom stereocenters. The van der Waals surface area contributed by atoms with Crippen LogP contribution in [0, 0.1) is 0 Å². The van der Waals surface area contributed by atoms with Gasteiger partial charge in [-0.2, -0.15) is 5.10 Å². The van der Waals surface area contributed by atoms with E-state index in [4.69, 9.17) is 5.11 Å². The fourth-order valence-corrected chi connectivity index (χ4v) is 1.52. The second kappa shape index (κ2) is 5.21. The third-order valence-electron chi connectivity index (χ3n) is 2.40. The molecule has 7 heteroatoms. The number of hydrogen-bond acceptors (Lipinski definition) is 4. The minimum atomic E-state index is -1.13. The maximum atomic E-state index is 11.6. The van der Waals surface area contributed by atoms with Gasteiger partial charge in [-0.3, -0.25) is 14.7 Å². The fraction of sp³-hybridized carbons (Fsp3) is 0.0833. The summed E-state index contributed by atoms with van der Waals surface area (Å²) in [6.45, 7) is -0.468. The Morgan fingerprint density at radius 1 is 1.32 bits per heavy atom. The van der Waals surface area contributed by atoms with Crippen LogP contribution < -0.4 is 5.32 Å². The first-order chi connectivity index (χ1) is 9.08. The Labute approximate surface area is 107 Å². The number of carbonyl (C=O) groups is 2. The van der Waals surface area contributed by atoms with Crippen molar-refractivity contribution in [3.63, 3.8) is 0 Å². The highest BCUT2D eigenvalue weighted by atomic mass is 16.4. The van der Waals surface area contributed by atoms with E-state index < -0.39 is 18.4 Å². The molecule has 2 aromatic rings. The van der Waals surface area contributed by atoms with Crippen LogP contribution in [0.25, 0.3) is 11.3 Å². The number of aliphatic carboxylic acids is 1. The number of hydrogen-bond donors (Lipinski definition) is 4. The van der Waals surface area contributed by atoms with Crippen LogP contribution in [0.1, 0.15) is 10.5 Å². The number of amides is 1. The van der Waals surface area contributed by atoms with Gasteiger partial charge in [-0.15, -0.1) is 0 Å². The van der Waals surface area contributed by atoms with Gasteiger partial charge in [0, 0.05) is 5.56 Å². The molecule has 2 rings (SSSR count). The van der Waals surface area contributed by atoms with E-state index in [0.29, 0.717) is 11.3 Å². The van der Waals surface area contributed by atoms with E-state index in [-0.39, 0.29) is 11.4 Å². The molecule has 0 saturated carbocycles. The number of aromatic hydroxyl groups is 1. The first-order valence-corrected chi connectivity index (χ1v) is 5.41. The molecule has 0 unspecified atom stereocenters. The lowest BCUT2D eigenvalue weighted by Crippen LogP contribution is -2.29. The Kier molecular flexibility index (Phi) is 3.46. The standard InChI is InChI=1S/C12H11N3O4/c16-10-4-2-1-3-7(10)8-5-9(15-14-8)12(19)13-6-11(17)18/h1-5,16H,6H2,(H,13,19)(H,14,15)(H,17,18). The number of aromatic nitrogens is 2. The lowest BCUT2D eigenvalue weighted by molar-refractivity contribution is -0.135. The number of carboxylic acids is 1. The number of nitrogens with one attached hydrogen (secondary N) is 2. The molecule has 0 aliphatic heterocycles. The van der Waals surface area contributed by atoms with Gasteiger partial charge in [-0.1, -0.05) is 12.1 Å². The third-order valence-corrected chi connectivity index (χ3v) is 2.40. The monoisotopic (exact) mass is 261 g/mol. The number of phenols is 1. The molecule has 0 radical (unpaired) electrons. The Balaban J connectivity index is 2.18. The highest BCUT2D eigenvalue weighted by Crippen LogP contribution is 2.27. The summed E-state index contributed by atoms with van der Waals surface area (Å²) in [6, 6.07) is 8.00. The lowest BCUT2D eigenvalue weighted by atomic mass is 10.1. The first-order valence-electron chi connectivity index (χ1n) is 5.41. The van der Waals surface area contributed by atoms with Crippen molar-refractivity contribution < 1.29 is 19.8 Å². The Bertz CT molecular complexity index is 621. The second-order valence-electron chi connectivity index (χ2n) is 3.76. The van der Waals surface area contributed by atoms with Gasteiger partial charge >= 0.3 is 5.97 Å². The fourth-order valence-electron chi connectivity index (χ4n) is 1.52. The number of carboxylic acid groups (broad SMARTS) is 1. The topological polar surface area (TPSA) is 115 Å². The van der Waals surface area contributed by atoms with Crippen LogP contribution in [0.5, 0.6) is 5.75 Å². The smallest absolute Gasteiger partial charge is 0.322 e. The van der Waals surface area contributed by atoms with Gasteiger partial charge in [0.25, 0.3) is 5.91 Å². The van der Waals surface area contributed by atoms with Crippen molar-refractivity contribution in [2.24, 2.45) is 0 Å². The number of phenolic OH excluding ortho intramolecular Hbond substituents is 1. The summed E-state index contributed by atoms with van der Waals surface area (Å²) in [5.74, 6) is -1.66. The molecule has 1 amide bonds. The molecule has 0 spiro atoms. The average Bonchev–Trinajstić information content (AvgIpc) is 2.86. The molecule has 1 aromatic carbocycles. The summed E-state index contributed by atoms with van der Waals surface area (Å²) in [7, 11) is 0. The van der Waals surface area contributed by atoms with E-state index in [0.717, 1.165) is 0 Å². The van der Waals surface area contributed by atoms with Crippen LogP contribution in [0.15, 0.2) is 30.3 Å². The highest BCUT2D eigenvalue weighted by molar-refractivity contribution is 5.95. The Hall–Kier alpha value is -2.83. The molecule has 0 aliphatic rings. The summed E-state index contributed by atoms with van der Waals surface area (Å²) in [4.78, 5) is 21.9. The molecular weight excluding hydrogens is 250 g/mol. The summed E-state index contributed by atoms with van der Waals surface area (Å²) >= 11 is 0. The van der Waals surface area contributed by atoms with E-state index in [9.17, 15) is 14.7 Å². The number of para-hydroxylation sites is 1. The van der Waals surface area contributed by atoms with Crippen molar-refractivity contribution in [1.29, 1.82) is 0 Å². The molecule has 98 valence electrons. The van der Waals surface area contributed by atoms with Gasteiger partial charge < -0.3 is 15.5 Å². The number of rotatable bonds is 4. The maximum Gasteiger partial charge on any atom is 0.322 e. The van der Waals surface area contributed by atoms with Crippen LogP contribution in [0.2, 0.25) is 0 Å². The summed E-state index contributed by atoms with van der Waals surface area (Å²) < 4.78 is 0. The molecule has 1 heterocycles. The minimum absolute atomic E-state index is 0.0477. The third kappa shape index (κ3) is 2.89. The molecule has 1 aromatic heterocycles. The van der Waals surface area contributed by atoms with Crippen LogP contribution in [-0.4, -0.2) is 38.8 Å². The number of aromatic amines is 1. The summed E-state index contributed by atoms with van der Waals surface area (Å²) in [5.41, 5.74) is 1.01. The lowest BCUT2D eigenvalue weighted by Gasteiger charge is -1.99. The molecule has 7 nitrogen and oxygen atoms in total. The van der Waals surface area contributed by atoms with Crippen LogP contribution in [0.4, 0.5) is 0 Å². The van der Waals surface area contributed by atoms with Crippen LogP contribution in [0.3, 0.4) is 0 Å². The van der Waals surface area contributed by atoms with Crippen molar-refractivity contribution in [2.75, 3.05) is 6.54 Å². The molecule has 4 N–H and O–H groups in total. The molecule has 0 bridgehead atoms. The van der Waals surface area contributed by atoms with E-state index in [1.165, 1.54) is 12.1 Å². The number of H-pyrrole nitrogens is 1. The van der Waals surface area contributed by atoms with E-state index >= 15 is 0 Å². The largest absolute Gasteiger partial charge is 0.507 e. The normalized spacial score (nSPS) is 10.1. The van der Waals surface area contributed by atoms with Crippen molar-refractivity contribution in [3.8, 4) is 17.0 Å². The molecule has 19 heavy (non-hydrogen) atoms. The van der Waals surface area contributed by atoms with E-state index in [1.807, 2.05) is 0 Å². The number of carbonyl (C=O) groups excluding carboxylic acids is 1.